The molecule has 0 unspecified atom stereocenters. The minimum atomic E-state index is -3.84. The van der Waals surface area contributed by atoms with Gasteiger partial charge in [-0.15, -0.1) is 0 Å². The Morgan fingerprint density at radius 1 is 0.905 bits per heavy atom. The molecule has 0 saturated carbocycles. The van der Waals surface area contributed by atoms with Crippen LogP contribution >= 0.6 is 0 Å². The predicted octanol–water partition coefficient (Wildman–Crippen LogP) is 4.76. The number of hydrogen-bond donors (Lipinski definition) is 1. The Bertz CT molecular complexity index is 1400. The summed E-state index contributed by atoms with van der Waals surface area (Å²) in [5, 5.41) is 2.92. The van der Waals surface area contributed by atoms with Gasteiger partial charge in [-0.25, -0.2) is 8.42 Å². The van der Waals surface area contributed by atoms with E-state index in [1.54, 1.807) is 43.5 Å². The number of benzene rings is 3. The predicted molar refractivity (Wildman–Crippen MR) is 165 cm³/mol. The maximum atomic E-state index is 13.9. The van der Waals surface area contributed by atoms with E-state index in [0.29, 0.717) is 36.8 Å². The molecule has 0 fully saturated rings. The molecule has 42 heavy (non-hydrogen) atoms. The number of nitrogens with zero attached hydrogens (tertiary/aromatic N) is 2. The van der Waals surface area contributed by atoms with Crippen molar-refractivity contribution in [2.75, 3.05) is 30.8 Å². The summed E-state index contributed by atoms with van der Waals surface area (Å²) >= 11 is 0. The smallest absolute Gasteiger partial charge is 0.244 e. The van der Waals surface area contributed by atoms with Crippen molar-refractivity contribution in [2.45, 2.75) is 52.3 Å². The average Bonchev–Trinajstić information content (AvgIpc) is 2.99. The van der Waals surface area contributed by atoms with Crippen LogP contribution in [-0.2, 0) is 32.8 Å². The first kappa shape index (κ1) is 32.5. The number of unbranched alkanes of at least 4 members (excludes halogenated alkanes) is 1. The summed E-state index contributed by atoms with van der Waals surface area (Å²) in [6.07, 6.45) is 3.16. The number of anilines is 1. The molecule has 0 spiro atoms. The lowest BCUT2D eigenvalue weighted by Gasteiger charge is -2.33. The number of carbonyl (C=O) groups excluding carboxylic acids is 2. The molecule has 226 valence electrons. The highest BCUT2D eigenvalue weighted by molar-refractivity contribution is 7.92. The molecule has 0 aliphatic heterocycles. The first-order valence-electron chi connectivity index (χ1n) is 14.1. The number of hydrogen-bond acceptors (Lipinski definition) is 6. The van der Waals surface area contributed by atoms with Crippen LogP contribution in [-0.4, -0.2) is 57.6 Å². The molecule has 0 radical (unpaired) electrons. The first-order valence-corrected chi connectivity index (χ1v) is 16.0. The van der Waals surface area contributed by atoms with Crippen LogP contribution in [0.2, 0.25) is 0 Å². The number of amides is 2. The molecule has 2 amide bonds. The molecule has 0 aromatic heterocycles. The third kappa shape index (κ3) is 9.51. The molecule has 1 atom stereocenters. The van der Waals surface area contributed by atoms with Gasteiger partial charge in [-0.2, -0.15) is 0 Å². The second kappa shape index (κ2) is 15.8. The van der Waals surface area contributed by atoms with Crippen LogP contribution < -0.4 is 19.1 Å². The quantitative estimate of drug-likeness (QED) is 0.239. The highest BCUT2D eigenvalue weighted by Crippen LogP contribution is 2.24. The summed E-state index contributed by atoms with van der Waals surface area (Å²) in [5.74, 6) is 0.419. The Morgan fingerprint density at radius 2 is 1.60 bits per heavy atom. The summed E-state index contributed by atoms with van der Waals surface area (Å²) < 4.78 is 38.0. The first-order chi connectivity index (χ1) is 20.2. The van der Waals surface area contributed by atoms with Gasteiger partial charge >= 0.3 is 0 Å². The zero-order valence-electron chi connectivity index (χ0n) is 24.8. The molecule has 3 rings (SSSR count). The SMILES string of the molecule is CCCCNC(=O)[C@@H](CC)N(Cc1cccc(OC)c1)C(=O)CN(c1ccc(OCc2ccccc2)cc1)S(C)(=O)=O. The van der Waals surface area contributed by atoms with Crippen molar-refractivity contribution in [2.24, 2.45) is 0 Å². The topological polar surface area (TPSA) is 105 Å². The third-order valence-corrected chi connectivity index (χ3v) is 7.90. The van der Waals surface area contributed by atoms with Crippen LogP contribution in [0, 0.1) is 0 Å². The molecular weight excluding hydrogens is 554 g/mol. The molecule has 0 aliphatic carbocycles. The van der Waals surface area contributed by atoms with Crippen molar-refractivity contribution in [1.29, 1.82) is 0 Å². The van der Waals surface area contributed by atoms with Gasteiger partial charge < -0.3 is 19.7 Å². The van der Waals surface area contributed by atoms with Crippen LogP contribution in [0.15, 0.2) is 78.9 Å². The Hall–Kier alpha value is -4.05. The summed E-state index contributed by atoms with van der Waals surface area (Å²) in [6, 6.07) is 22.7. The van der Waals surface area contributed by atoms with Crippen LogP contribution in [0.25, 0.3) is 0 Å². The van der Waals surface area contributed by atoms with Crippen molar-refractivity contribution < 1.29 is 27.5 Å². The van der Waals surface area contributed by atoms with Crippen molar-refractivity contribution in [3.8, 4) is 11.5 Å². The minimum absolute atomic E-state index is 0.111. The van der Waals surface area contributed by atoms with Gasteiger partial charge in [0.1, 0.15) is 30.7 Å². The molecule has 1 N–H and O–H groups in total. The molecule has 3 aromatic carbocycles. The second-order valence-electron chi connectivity index (χ2n) is 9.98. The van der Waals surface area contributed by atoms with E-state index in [4.69, 9.17) is 9.47 Å². The summed E-state index contributed by atoms with van der Waals surface area (Å²) in [4.78, 5) is 28.5. The fraction of sp³-hybridized carbons (Fsp3) is 0.375. The van der Waals surface area contributed by atoms with Gasteiger partial charge in [0.05, 0.1) is 19.1 Å². The van der Waals surface area contributed by atoms with E-state index >= 15 is 0 Å². The lowest BCUT2D eigenvalue weighted by atomic mass is 10.1. The molecule has 0 aliphatic rings. The van der Waals surface area contributed by atoms with Crippen LogP contribution in [0.5, 0.6) is 11.5 Å². The van der Waals surface area contributed by atoms with E-state index in [0.717, 1.165) is 34.5 Å². The number of nitrogens with one attached hydrogen (secondary N) is 1. The molecular formula is C32H41N3O6S. The minimum Gasteiger partial charge on any atom is -0.497 e. The van der Waals surface area contributed by atoms with Gasteiger partial charge in [0.15, 0.2) is 0 Å². The highest BCUT2D eigenvalue weighted by atomic mass is 32.2. The van der Waals surface area contributed by atoms with Crippen molar-refractivity contribution in [3.63, 3.8) is 0 Å². The molecule has 0 heterocycles. The molecule has 10 heteroatoms. The maximum absolute atomic E-state index is 13.9. The van der Waals surface area contributed by atoms with Gasteiger partial charge in [-0.3, -0.25) is 13.9 Å². The average molecular weight is 596 g/mol. The fourth-order valence-electron chi connectivity index (χ4n) is 4.46. The van der Waals surface area contributed by atoms with Crippen LogP contribution in [0.3, 0.4) is 0 Å². The lowest BCUT2D eigenvalue weighted by Crippen LogP contribution is -2.52. The van der Waals surface area contributed by atoms with Gasteiger partial charge in [0.25, 0.3) is 0 Å². The third-order valence-electron chi connectivity index (χ3n) is 6.75. The summed E-state index contributed by atoms with van der Waals surface area (Å²) in [6.45, 7) is 4.38. The van der Waals surface area contributed by atoms with Crippen LogP contribution in [0.4, 0.5) is 5.69 Å². The molecule has 0 bridgehead atoms. The van der Waals surface area contributed by atoms with Gasteiger partial charge in [0.2, 0.25) is 21.8 Å². The summed E-state index contributed by atoms with van der Waals surface area (Å²) in [7, 11) is -2.29. The zero-order chi connectivity index (χ0) is 30.5. The number of methoxy groups -OCH3 is 1. The van der Waals surface area contributed by atoms with E-state index < -0.39 is 28.5 Å². The number of ether oxygens (including phenoxy) is 2. The second-order valence-corrected chi connectivity index (χ2v) is 11.9. The van der Waals surface area contributed by atoms with Gasteiger partial charge in [0, 0.05) is 13.1 Å². The van der Waals surface area contributed by atoms with Crippen molar-refractivity contribution in [1.82, 2.24) is 10.2 Å². The van der Waals surface area contributed by atoms with E-state index in [1.165, 1.54) is 4.90 Å². The Balaban J connectivity index is 1.85. The van der Waals surface area contributed by atoms with Crippen molar-refractivity contribution >= 4 is 27.5 Å². The fourth-order valence-corrected chi connectivity index (χ4v) is 5.31. The highest BCUT2D eigenvalue weighted by Gasteiger charge is 2.31. The zero-order valence-corrected chi connectivity index (χ0v) is 25.6. The normalized spacial score (nSPS) is 11.8. The monoisotopic (exact) mass is 595 g/mol. The number of rotatable bonds is 16. The van der Waals surface area contributed by atoms with Crippen LogP contribution in [0.1, 0.15) is 44.2 Å². The Labute approximate surface area is 249 Å². The van der Waals surface area contributed by atoms with Gasteiger partial charge in [-0.1, -0.05) is 62.7 Å². The molecule has 3 aromatic rings. The van der Waals surface area contributed by atoms with Crippen molar-refractivity contribution in [3.05, 3.63) is 90.0 Å². The number of carbonyl (C=O) groups is 2. The van der Waals surface area contributed by atoms with E-state index in [2.05, 4.69) is 5.32 Å². The van der Waals surface area contributed by atoms with E-state index in [1.807, 2.05) is 56.3 Å². The Morgan fingerprint density at radius 3 is 2.21 bits per heavy atom. The Kier molecular flexibility index (Phi) is 12.2. The summed E-state index contributed by atoms with van der Waals surface area (Å²) in [5.41, 5.74) is 2.08. The lowest BCUT2D eigenvalue weighted by molar-refractivity contribution is -0.140. The number of sulfonamides is 1. The largest absolute Gasteiger partial charge is 0.497 e. The van der Waals surface area contributed by atoms with E-state index in [-0.39, 0.29) is 12.5 Å². The van der Waals surface area contributed by atoms with E-state index in [9.17, 15) is 18.0 Å². The molecule has 9 nitrogen and oxygen atoms in total. The maximum Gasteiger partial charge on any atom is 0.244 e. The van der Waals surface area contributed by atoms with Gasteiger partial charge in [-0.05, 0) is 60.4 Å². The standard InChI is InChI=1S/C32H41N3O6S/c1-5-7-20-33-32(37)30(6-2)34(22-26-14-11-15-29(21-26)40-3)31(36)23-35(42(4,38)39)27-16-18-28(19-17-27)41-24-25-12-9-8-10-13-25/h8-19,21,30H,5-7,20,22-24H2,1-4H3,(H,33,37)/t30-/m1/s1. The molecule has 0 saturated heterocycles.